The van der Waals surface area contributed by atoms with Gasteiger partial charge in [-0.2, -0.15) is 0 Å². The van der Waals surface area contributed by atoms with Gasteiger partial charge in [0.25, 0.3) is 5.82 Å². The molecular formula is C29H28N3+. The van der Waals surface area contributed by atoms with E-state index in [-0.39, 0.29) is 0 Å². The molecule has 1 heterocycles. The number of aryl methyl sites for hydroxylation is 2. The standard InChI is InChI=1S/C29H28N3/c1-3-30-27-17-11-12-18-28(27)31(4-2)29(30)23-19-21-26(22-20-23)32(24-13-7-5-8-14-24)25-15-9-6-10-16-25/h5-22H,3-4H2,1-2H3/q+1. The van der Waals surface area contributed by atoms with Gasteiger partial charge in [-0.1, -0.05) is 48.5 Å². The molecule has 3 nitrogen and oxygen atoms in total. The normalized spacial score (nSPS) is 11.1. The van der Waals surface area contributed by atoms with E-state index >= 15 is 0 Å². The number of hydrogen-bond acceptors (Lipinski definition) is 1. The number of imidazole rings is 1. The molecule has 5 aromatic rings. The van der Waals surface area contributed by atoms with Crippen LogP contribution in [0.5, 0.6) is 0 Å². The van der Waals surface area contributed by atoms with Crippen molar-refractivity contribution in [3.8, 4) is 11.4 Å². The van der Waals surface area contributed by atoms with Crippen LogP contribution < -0.4 is 9.47 Å². The summed E-state index contributed by atoms with van der Waals surface area (Å²) in [5, 5.41) is 0. The van der Waals surface area contributed by atoms with Crippen LogP contribution in [0.1, 0.15) is 13.8 Å². The first kappa shape index (κ1) is 20.1. The zero-order chi connectivity index (χ0) is 21.9. The van der Waals surface area contributed by atoms with Crippen LogP contribution in [-0.4, -0.2) is 4.57 Å². The minimum absolute atomic E-state index is 0.935. The second-order valence-electron chi connectivity index (χ2n) is 7.85. The summed E-state index contributed by atoms with van der Waals surface area (Å²) in [6, 6.07) is 38.7. The van der Waals surface area contributed by atoms with Gasteiger partial charge < -0.3 is 4.90 Å². The molecule has 0 bridgehead atoms. The van der Waals surface area contributed by atoms with Crippen LogP contribution in [0, 0.1) is 0 Å². The second kappa shape index (κ2) is 8.72. The summed E-state index contributed by atoms with van der Waals surface area (Å²) in [5.74, 6) is 1.26. The van der Waals surface area contributed by atoms with Gasteiger partial charge in [-0.15, -0.1) is 0 Å². The summed E-state index contributed by atoms with van der Waals surface area (Å²) in [6.45, 7) is 6.31. The fourth-order valence-corrected chi connectivity index (χ4v) is 4.61. The number of nitrogens with zero attached hydrogens (tertiary/aromatic N) is 3. The highest BCUT2D eigenvalue weighted by atomic mass is 15.2. The molecule has 0 fully saturated rings. The van der Waals surface area contributed by atoms with Crippen molar-refractivity contribution in [3.05, 3.63) is 109 Å². The number of fused-ring (bicyclic) bond motifs is 1. The van der Waals surface area contributed by atoms with Gasteiger partial charge in [0.2, 0.25) is 0 Å². The minimum Gasteiger partial charge on any atom is -0.311 e. The summed E-state index contributed by atoms with van der Waals surface area (Å²) >= 11 is 0. The smallest absolute Gasteiger partial charge is 0.289 e. The van der Waals surface area contributed by atoms with E-state index in [1.807, 2.05) is 0 Å². The molecule has 5 rings (SSSR count). The summed E-state index contributed by atoms with van der Waals surface area (Å²) in [7, 11) is 0. The fourth-order valence-electron chi connectivity index (χ4n) is 4.61. The maximum Gasteiger partial charge on any atom is 0.289 e. The van der Waals surface area contributed by atoms with E-state index in [0.717, 1.165) is 30.2 Å². The Hall–Kier alpha value is -3.85. The van der Waals surface area contributed by atoms with Gasteiger partial charge in [-0.05, 0) is 74.5 Å². The molecule has 0 amide bonds. The van der Waals surface area contributed by atoms with E-state index in [9.17, 15) is 0 Å². The lowest BCUT2D eigenvalue weighted by Crippen LogP contribution is -2.34. The van der Waals surface area contributed by atoms with Crippen molar-refractivity contribution in [3.63, 3.8) is 0 Å². The first-order valence-corrected chi connectivity index (χ1v) is 11.3. The van der Waals surface area contributed by atoms with Gasteiger partial charge >= 0.3 is 0 Å². The molecular weight excluding hydrogens is 390 g/mol. The molecule has 0 aliphatic carbocycles. The van der Waals surface area contributed by atoms with Crippen molar-refractivity contribution in [2.75, 3.05) is 4.90 Å². The maximum atomic E-state index is 2.42. The van der Waals surface area contributed by atoms with Crippen molar-refractivity contribution in [2.45, 2.75) is 26.9 Å². The van der Waals surface area contributed by atoms with Crippen molar-refractivity contribution in [1.29, 1.82) is 0 Å². The molecule has 0 saturated heterocycles. The van der Waals surface area contributed by atoms with Crippen LogP contribution >= 0.6 is 0 Å². The minimum atomic E-state index is 0.935. The highest BCUT2D eigenvalue weighted by Crippen LogP contribution is 2.35. The van der Waals surface area contributed by atoms with Crippen LogP contribution in [0.15, 0.2) is 109 Å². The molecule has 0 aliphatic heterocycles. The van der Waals surface area contributed by atoms with Crippen molar-refractivity contribution < 1.29 is 4.57 Å². The van der Waals surface area contributed by atoms with Gasteiger partial charge in [0.15, 0.2) is 11.0 Å². The lowest BCUT2D eigenvalue weighted by Gasteiger charge is -2.25. The summed E-state index contributed by atoms with van der Waals surface area (Å²) in [5.41, 5.74) is 7.25. The monoisotopic (exact) mass is 418 g/mol. The zero-order valence-electron chi connectivity index (χ0n) is 18.6. The highest BCUT2D eigenvalue weighted by Gasteiger charge is 2.24. The number of anilines is 3. The Bertz CT molecular complexity index is 1240. The molecule has 0 saturated carbocycles. The Morgan fingerprint density at radius 2 is 1.16 bits per heavy atom. The molecule has 0 atom stereocenters. The summed E-state index contributed by atoms with van der Waals surface area (Å²) in [4.78, 5) is 2.30. The Kier molecular flexibility index (Phi) is 5.47. The quantitative estimate of drug-likeness (QED) is 0.268. The van der Waals surface area contributed by atoms with Crippen LogP contribution in [0.25, 0.3) is 22.4 Å². The largest absolute Gasteiger partial charge is 0.311 e. The van der Waals surface area contributed by atoms with Crippen molar-refractivity contribution >= 4 is 28.1 Å². The Labute approximate surface area is 189 Å². The van der Waals surface area contributed by atoms with E-state index in [2.05, 4.69) is 137 Å². The van der Waals surface area contributed by atoms with E-state index in [0.29, 0.717) is 0 Å². The molecule has 4 aromatic carbocycles. The lowest BCUT2D eigenvalue weighted by atomic mass is 10.1. The topological polar surface area (TPSA) is 12.1 Å². The Morgan fingerprint density at radius 1 is 0.625 bits per heavy atom. The third kappa shape index (κ3) is 3.46. The van der Waals surface area contributed by atoms with Gasteiger partial charge in [-0.25, -0.2) is 9.13 Å². The molecule has 0 unspecified atom stereocenters. The molecule has 32 heavy (non-hydrogen) atoms. The van der Waals surface area contributed by atoms with Gasteiger partial charge in [0.1, 0.15) is 0 Å². The molecule has 0 aliphatic rings. The molecule has 0 N–H and O–H groups in total. The van der Waals surface area contributed by atoms with Crippen molar-refractivity contribution in [1.82, 2.24) is 4.57 Å². The lowest BCUT2D eigenvalue weighted by molar-refractivity contribution is -0.657. The molecule has 158 valence electrons. The fraction of sp³-hybridized carbons (Fsp3) is 0.138. The number of aromatic nitrogens is 2. The van der Waals surface area contributed by atoms with Crippen LogP contribution in [-0.2, 0) is 13.1 Å². The highest BCUT2D eigenvalue weighted by molar-refractivity contribution is 5.79. The van der Waals surface area contributed by atoms with E-state index in [1.54, 1.807) is 0 Å². The van der Waals surface area contributed by atoms with Crippen LogP contribution in [0.3, 0.4) is 0 Å². The average Bonchev–Trinajstić information content (AvgIpc) is 3.19. The van der Waals surface area contributed by atoms with Crippen molar-refractivity contribution in [2.24, 2.45) is 0 Å². The summed E-state index contributed by atoms with van der Waals surface area (Å²) in [6.07, 6.45) is 0. The Morgan fingerprint density at radius 3 is 1.72 bits per heavy atom. The van der Waals surface area contributed by atoms with Gasteiger partial charge in [0.05, 0.1) is 18.7 Å². The first-order chi connectivity index (χ1) is 15.8. The van der Waals surface area contributed by atoms with Crippen LogP contribution in [0.2, 0.25) is 0 Å². The molecule has 0 spiro atoms. The predicted octanol–water partition coefficient (Wildman–Crippen LogP) is 7.11. The number of rotatable bonds is 6. The number of para-hydroxylation sites is 4. The Balaban J connectivity index is 1.63. The summed E-state index contributed by atoms with van der Waals surface area (Å²) < 4.78 is 4.83. The third-order valence-corrected chi connectivity index (χ3v) is 6.02. The van der Waals surface area contributed by atoms with E-state index < -0.39 is 0 Å². The van der Waals surface area contributed by atoms with E-state index in [1.165, 1.54) is 22.4 Å². The van der Waals surface area contributed by atoms with Gasteiger partial charge in [-0.3, -0.25) is 0 Å². The zero-order valence-corrected chi connectivity index (χ0v) is 18.6. The SMILES string of the molecule is CCn1c(-c2ccc(N(c3ccccc3)c3ccccc3)cc2)[n+](CC)c2ccccc21. The molecule has 3 heteroatoms. The molecule has 1 aromatic heterocycles. The second-order valence-corrected chi connectivity index (χ2v) is 7.85. The van der Waals surface area contributed by atoms with Gasteiger partial charge in [0, 0.05) is 17.1 Å². The third-order valence-electron chi connectivity index (χ3n) is 6.02. The number of hydrogen-bond donors (Lipinski definition) is 0. The average molecular weight is 419 g/mol. The number of benzene rings is 4. The van der Waals surface area contributed by atoms with Crippen LogP contribution in [0.4, 0.5) is 17.1 Å². The molecule has 0 radical (unpaired) electrons. The maximum absolute atomic E-state index is 2.42. The first-order valence-electron chi connectivity index (χ1n) is 11.3. The van der Waals surface area contributed by atoms with E-state index in [4.69, 9.17) is 0 Å². The predicted molar refractivity (Wildman–Crippen MR) is 134 cm³/mol.